The molecule has 26 heavy (non-hydrogen) atoms. The van der Waals surface area contributed by atoms with E-state index < -0.39 is 0 Å². The number of para-hydroxylation sites is 2. The van der Waals surface area contributed by atoms with E-state index in [2.05, 4.69) is 85.8 Å². The zero-order chi connectivity index (χ0) is 17.9. The molecule has 3 nitrogen and oxygen atoms in total. The summed E-state index contributed by atoms with van der Waals surface area (Å²) in [6.45, 7) is 6.74. The van der Waals surface area contributed by atoms with Crippen molar-refractivity contribution in [1.82, 2.24) is 0 Å². The molecule has 2 aromatic rings. The summed E-state index contributed by atoms with van der Waals surface area (Å²) in [6, 6.07) is 17.3. The summed E-state index contributed by atoms with van der Waals surface area (Å²) in [5.41, 5.74) is 4.95. The van der Waals surface area contributed by atoms with E-state index in [1.165, 1.54) is 32.4 Å². The molecule has 1 fully saturated rings. The number of hydrogen-bond donors (Lipinski definition) is 1. The molecule has 1 saturated heterocycles. The van der Waals surface area contributed by atoms with Crippen LogP contribution in [0.4, 0.5) is 11.4 Å². The predicted octanol–water partition coefficient (Wildman–Crippen LogP) is 5.72. The van der Waals surface area contributed by atoms with Crippen LogP contribution in [-0.2, 0) is 11.3 Å². The van der Waals surface area contributed by atoms with Crippen LogP contribution >= 0.6 is 11.8 Å². The fourth-order valence-electron chi connectivity index (χ4n) is 3.98. The van der Waals surface area contributed by atoms with Gasteiger partial charge in [-0.25, -0.2) is 5.06 Å². The minimum absolute atomic E-state index is 0.0308. The van der Waals surface area contributed by atoms with E-state index in [4.69, 9.17) is 4.84 Å². The maximum absolute atomic E-state index is 6.36. The summed E-state index contributed by atoms with van der Waals surface area (Å²) >= 11 is 1.79. The van der Waals surface area contributed by atoms with Gasteiger partial charge in [0.15, 0.2) is 0 Å². The molecule has 4 heteroatoms. The minimum Gasteiger partial charge on any atom is -0.383 e. The molecule has 132 valence electrons. The van der Waals surface area contributed by atoms with E-state index in [9.17, 15) is 0 Å². The molecule has 1 unspecified atom stereocenters. The molecule has 1 atom stereocenters. The first-order valence-corrected chi connectivity index (χ1v) is 9.88. The Labute approximate surface area is 158 Å². The maximum atomic E-state index is 6.36. The van der Waals surface area contributed by atoms with Crippen LogP contribution in [0.15, 0.2) is 75.9 Å². The quantitative estimate of drug-likeness (QED) is 0.701. The molecule has 3 heterocycles. The van der Waals surface area contributed by atoms with Crippen molar-refractivity contribution in [1.29, 1.82) is 0 Å². The van der Waals surface area contributed by atoms with Crippen LogP contribution in [0.2, 0.25) is 0 Å². The van der Waals surface area contributed by atoms with Crippen molar-refractivity contribution in [3.05, 3.63) is 76.5 Å². The van der Waals surface area contributed by atoms with Gasteiger partial charge in [-0.15, -0.1) is 0 Å². The maximum Gasteiger partial charge on any atom is 0.140 e. The first kappa shape index (κ1) is 15.9. The monoisotopic (exact) mass is 362 g/mol. The van der Waals surface area contributed by atoms with Gasteiger partial charge in [-0.05, 0) is 48.8 Å². The highest BCUT2D eigenvalue weighted by atomic mass is 32.2. The lowest BCUT2D eigenvalue weighted by molar-refractivity contribution is 0.215. The zero-order valence-corrected chi connectivity index (χ0v) is 16.1. The molecule has 0 aliphatic carbocycles. The van der Waals surface area contributed by atoms with Crippen LogP contribution in [0, 0.1) is 5.41 Å². The fraction of sp³-hybridized carbons (Fsp3) is 0.273. The molecule has 1 N–H and O–H groups in total. The largest absolute Gasteiger partial charge is 0.383 e. The van der Waals surface area contributed by atoms with Gasteiger partial charge in [0.05, 0.1) is 22.4 Å². The third kappa shape index (κ3) is 2.28. The van der Waals surface area contributed by atoms with E-state index in [1.807, 2.05) is 0 Å². The van der Waals surface area contributed by atoms with Gasteiger partial charge in [0.2, 0.25) is 0 Å². The highest BCUT2D eigenvalue weighted by Gasteiger charge is 2.51. The molecular formula is C22H22N2OS. The van der Waals surface area contributed by atoms with E-state index in [0.29, 0.717) is 6.04 Å². The van der Waals surface area contributed by atoms with E-state index in [-0.39, 0.29) is 5.41 Å². The van der Waals surface area contributed by atoms with Crippen molar-refractivity contribution in [3.63, 3.8) is 0 Å². The summed E-state index contributed by atoms with van der Waals surface area (Å²) in [4.78, 5) is 7.64. The van der Waals surface area contributed by atoms with Gasteiger partial charge in [-0.1, -0.05) is 55.9 Å². The number of hydrogen-bond acceptors (Lipinski definition) is 4. The van der Waals surface area contributed by atoms with Gasteiger partial charge in [-0.2, -0.15) is 0 Å². The Morgan fingerprint density at radius 3 is 2.81 bits per heavy atom. The van der Waals surface area contributed by atoms with Crippen LogP contribution in [0.3, 0.4) is 0 Å². The standard InChI is InChI=1S/C22H22N2OS/c1-14(21-23-16-9-5-7-11-18(16)26-21)12-20-22(2,3)19-13-15-8-4-6-10-17(15)24(19)25-20/h4-12,19,23H,13H2,1-3H3. The molecule has 5 rings (SSSR count). The molecule has 0 aromatic heterocycles. The van der Waals surface area contributed by atoms with E-state index >= 15 is 0 Å². The van der Waals surface area contributed by atoms with Gasteiger partial charge in [-0.3, -0.25) is 0 Å². The van der Waals surface area contributed by atoms with Crippen molar-refractivity contribution in [2.24, 2.45) is 5.41 Å². The third-order valence-electron chi connectivity index (χ3n) is 5.64. The number of rotatable bonds is 1. The Morgan fingerprint density at radius 1 is 1.19 bits per heavy atom. The van der Waals surface area contributed by atoms with Crippen molar-refractivity contribution in [3.8, 4) is 0 Å². The smallest absolute Gasteiger partial charge is 0.140 e. The number of hydroxylamine groups is 1. The van der Waals surface area contributed by atoms with Crippen LogP contribution in [0.25, 0.3) is 0 Å². The Balaban J connectivity index is 1.47. The van der Waals surface area contributed by atoms with Gasteiger partial charge >= 0.3 is 0 Å². The molecule has 0 radical (unpaired) electrons. The number of allylic oxidation sites excluding steroid dienone is 2. The highest BCUT2D eigenvalue weighted by molar-refractivity contribution is 8.03. The van der Waals surface area contributed by atoms with Gasteiger partial charge < -0.3 is 10.2 Å². The average molecular weight is 362 g/mol. The Bertz CT molecular complexity index is 933. The molecular weight excluding hydrogens is 340 g/mol. The third-order valence-corrected chi connectivity index (χ3v) is 6.85. The molecule has 0 bridgehead atoms. The second kappa shape index (κ2) is 5.58. The van der Waals surface area contributed by atoms with Crippen LogP contribution in [0.1, 0.15) is 26.3 Å². The summed E-state index contributed by atoms with van der Waals surface area (Å²) < 4.78 is 0. The first-order chi connectivity index (χ1) is 12.5. The number of benzene rings is 2. The minimum atomic E-state index is -0.0308. The number of thioether (sulfide) groups is 1. The second-order valence-corrected chi connectivity index (χ2v) is 8.78. The number of fused-ring (bicyclic) bond motifs is 4. The summed E-state index contributed by atoms with van der Waals surface area (Å²) in [5.74, 6) is 1.04. The first-order valence-electron chi connectivity index (χ1n) is 9.06. The SMILES string of the molecule is CC(C=C1ON2c3ccccc3CC2C1(C)C)=C1Nc2ccccc2S1. The molecule has 3 aliphatic rings. The van der Waals surface area contributed by atoms with Crippen molar-refractivity contribution >= 4 is 23.1 Å². The average Bonchev–Trinajstić information content (AvgIpc) is 3.28. The molecule has 0 amide bonds. The van der Waals surface area contributed by atoms with E-state index in [0.717, 1.165) is 12.2 Å². The Morgan fingerprint density at radius 2 is 1.96 bits per heavy atom. The van der Waals surface area contributed by atoms with E-state index in [1.54, 1.807) is 11.8 Å². The Kier molecular flexibility index (Phi) is 3.41. The van der Waals surface area contributed by atoms with Gasteiger partial charge in [0.25, 0.3) is 0 Å². The summed E-state index contributed by atoms with van der Waals surface area (Å²) in [6.07, 6.45) is 3.25. The highest BCUT2D eigenvalue weighted by Crippen LogP contribution is 2.51. The molecule has 3 aliphatic heterocycles. The fourth-order valence-corrected chi connectivity index (χ4v) is 4.95. The number of anilines is 2. The van der Waals surface area contributed by atoms with Crippen LogP contribution in [0.5, 0.6) is 0 Å². The summed E-state index contributed by atoms with van der Waals surface area (Å²) in [7, 11) is 0. The van der Waals surface area contributed by atoms with Gasteiger partial charge in [0.1, 0.15) is 5.76 Å². The lowest BCUT2D eigenvalue weighted by Crippen LogP contribution is -2.33. The molecule has 0 saturated carbocycles. The van der Waals surface area contributed by atoms with Gasteiger partial charge in [0, 0.05) is 10.3 Å². The number of nitrogens with zero attached hydrogens (tertiary/aromatic N) is 1. The molecule has 2 aromatic carbocycles. The summed E-state index contributed by atoms with van der Waals surface area (Å²) in [5, 5.41) is 6.83. The van der Waals surface area contributed by atoms with Crippen LogP contribution < -0.4 is 10.4 Å². The molecule has 0 spiro atoms. The van der Waals surface area contributed by atoms with Crippen molar-refractivity contribution in [2.45, 2.75) is 38.1 Å². The van der Waals surface area contributed by atoms with Crippen LogP contribution in [-0.4, -0.2) is 6.04 Å². The zero-order valence-electron chi connectivity index (χ0n) is 15.2. The van der Waals surface area contributed by atoms with Crippen molar-refractivity contribution in [2.75, 3.05) is 10.4 Å². The van der Waals surface area contributed by atoms with Crippen molar-refractivity contribution < 1.29 is 4.84 Å². The lowest BCUT2D eigenvalue weighted by Gasteiger charge is -2.22. The predicted molar refractivity (Wildman–Crippen MR) is 108 cm³/mol. The Hall–Kier alpha value is -2.33. The second-order valence-electron chi connectivity index (χ2n) is 7.73. The topological polar surface area (TPSA) is 24.5 Å². The number of nitrogens with one attached hydrogen (secondary N) is 1. The lowest BCUT2D eigenvalue weighted by atomic mass is 9.81. The normalized spacial score (nSPS) is 25.4.